The van der Waals surface area contributed by atoms with E-state index in [0.29, 0.717) is 11.5 Å². The SMILES string of the molecule is CC1CCN(C2=NC(=O)C(=Cc3cn(-c4ccccc4)nc3-c3cccc(OCc4ccccc4)c3)S2)CC1. The van der Waals surface area contributed by atoms with Crippen LogP contribution in [0.2, 0.25) is 0 Å². The molecule has 196 valence electrons. The second-order valence-corrected chi connectivity index (χ2v) is 11.0. The summed E-state index contributed by atoms with van der Waals surface area (Å²) in [6.07, 6.45) is 6.16. The van der Waals surface area contributed by atoms with Crippen LogP contribution in [0, 0.1) is 5.92 Å². The Morgan fingerprint density at radius 1 is 0.974 bits per heavy atom. The molecule has 2 aliphatic heterocycles. The van der Waals surface area contributed by atoms with Gasteiger partial charge in [-0.3, -0.25) is 4.79 Å². The van der Waals surface area contributed by atoms with Crippen LogP contribution in [-0.4, -0.2) is 38.8 Å². The zero-order valence-electron chi connectivity index (χ0n) is 21.9. The van der Waals surface area contributed by atoms with Crippen molar-refractivity contribution in [2.45, 2.75) is 26.4 Å². The summed E-state index contributed by atoms with van der Waals surface area (Å²) in [5.74, 6) is 1.30. The number of para-hydroxylation sites is 1. The first kappa shape index (κ1) is 25.2. The first-order chi connectivity index (χ1) is 19.1. The summed E-state index contributed by atoms with van der Waals surface area (Å²) in [6, 6.07) is 28.1. The van der Waals surface area contributed by atoms with E-state index in [4.69, 9.17) is 9.84 Å². The van der Waals surface area contributed by atoms with Crippen LogP contribution in [0.5, 0.6) is 5.75 Å². The minimum absolute atomic E-state index is 0.188. The number of amidine groups is 1. The molecule has 2 aliphatic rings. The predicted octanol–water partition coefficient (Wildman–Crippen LogP) is 6.82. The lowest BCUT2D eigenvalue weighted by Gasteiger charge is -2.30. The minimum Gasteiger partial charge on any atom is -0.489 e. The minimum atomic E-state index is -0.188. The zero-order valence-corrected chi connectivity index (χ0v) is 22.7. The Kier molecular flexibility index (Phi) is 7.32. The second-order valence-electron chi connectivity index (χ2n) is 10.00. The molecular formula is C32H30N4O2S. The van der Waals surface area contributed by atoms with Gasteiger partial charge in [-0.1, -0.05) is 67.6 Å². The van der Waals surface area contributed by atoms with E-state index in [1.54, 1.807) is 0 Å². The van der Waals surface area contributed by atoms with Gasteiger partial charge < -0.3 is 9.64 Å². The number of amides is 1. The lowest BCUT2D eigenvalue weighted by atomic mass is 10.00. The molecule has 3 aromatic carbocycles. The summed E-state index contributed by atoms with van der Waals surface area (Å²) < 4.78 is 7.95. The van der Waals surface area contributed by atoms with Crippen LogP contribution in [0.4, 0.5) is 0 Å². The first-order valence-corrected chi connectivity index (χ1v) is 14.1. The van der Waals surface area contributed by atoms with Crippen molar-refractivity contribution in [1.82, 2.24) is 14.7 Å². The van der Waals surface area contributed by atoms with Gasteiger partial charge in [0.15, 0.2) is 5.17 Å². The third-order valence-corrected chi connectivity index (χ3v) is 8.11. The van der Waals surface area contributed by atoms with Crippen LogP contribution >= 0.6 is 11.8 Å². The molecule has 0 spiro atoms. The third-order valence-electron chi connectivity index (χ3n) is 7.07. The largest absolute Gasteiger partial charge is 0.489 e. The number of hydrogen-bond acceptors (Lipinski definition) is 5. The van der Waals surface area contributed by atoms with Crippen molar-refractivity contribution in [3.05, 3.63) is 107 Å². The van der Waals surface area contributed by atoms with Gasteiger partial charge in [-0.2, -0.15) is 10.1 Å². The maximum absolute atomic E-state index is 12.9. The molecule has 7 heteroatoms. The second kappa shape index (κ2) is 11.3. The lowest BCUT2D eigenvalue weighted by molar-refractivity contribution is -0.113. The van der Waals surface area contributed by atoms with Crippen molar-refractivity contribution >= 4 is 28.9 Å². The van der Waals surface area contributed by atoms with E-state index in [-0.39, 0.29) is 5.91 Å². The van der Waals surface area contributed by atoms with E-state index in [2.05, 4.69) is 16.8 Å². The van der Waals surface area contributed by atoms with Gasteiger partial charge in [0.2, 0.25) is 0 Å². The Morgan fingerprint density at radius 2 is 1.72 bits per heavy atom. The molecule has 1 amide bonds. The standard InChI is InChI=1S/C32H30N4O2S/c1-23-15-17-35(18-16-23)32-33-31(37)29(39-32)20-26-21-36(27-12-6-3-7-13-27)34-30(26)25-11-8-14-28(19-25)38-22-24-9-4-2-5-10-24/h2-14,19-21,23H,15-18,22H2,1H3. The van der Waals surface area contributed by atoms with Crippen LogP contribution in [-0.2, 0) is 11.4 Å². The Morgan fingerprint density at radius 3 is 2.49 bits per heavy atom. The zero-order chi connectivity index (χ0) is 26.6. The van der Waals surface area contributed by atoms with Crippen molar-refractivity contribution in [1.29, 1.82) is 0 Å². The maximum atomic E-state index is 12.9. The van der Waals surface area contributed by atoms with E-state index < -0.39 is 0 Å². The number of ether oxygens (including phenoxy) is 1. The molecule has 0 aliphatic carbocycles. The average molecular weight is 535 g/mol. The first-order valence-electron chi connectivity index (χ1n) is 13.3. The molecule has 1 fully saturated rings. The molecule has 0 N–H and O–H groups in total. The fourth-order valence-corrected chi connectivity index (χ4v) is 5.73. The molecule has 3 heterocycles. The fraction of sp³-hybridized carbons (Fsp3) is 0.219. The molecule has 0 atom stereocenters. The van der Waals surface area contributed by atoms with Crippen LogP contribution in [0.1, 0.15) is 30.9 Å². The number of aliphatic imine (C=N–C) groups is 1. The summed E-state index contributed by atoms with van der Waals surface area (Å²) >= 11 is 1.46. The van der Waals surface area contributed by atoms with Crippen LogP contribution in [0.25, 0.3) is 23.0 Å². The van der Waals surface area contributed by atoms with Crippen molar-refractivity contribution in [3.8, 4) is 22.7 Å². The molecule has 0 unspecified atom stereocenters. The number of piperidine rings is 1. The van der Waals surface area contributed by atoms with Gasteiger partial charge in [0.1, 0.15) is 18.1 Å². The van der Waals surface area contributed by atoms with Crippen LogP contribution < -0.4 is 4.74 Å². The molecule has 4 aromatic rings. The third kappa shape index (κ3) is 5.83. The van der Waals surface area contributed by atoms with E-state index in [1.165, 1.54) is 11.8 Å². The van der Waals surface area contributed by atoms with E-state index in [0.717, 1.165) is 70.8 Å². The molecule has 6 rings (SSSR count). The molecule has 0 radical (unpaired) electrons. The highest BCUT2D eigenvalue weighted by Crippen LogP contribution is 2.35. The van der Waals surface area contributed by atoms with Gasteiger partial charge in [-0.15, -0.1) is 0 Å². The Bertz CT molecular complexity index is 1520. The van der Waals surface area contributed by atoms with Gasteiger partial charge in [-0.05, 0) is 66.4 Å². The van der Waals surface area contributed by atoms with Crippen LogP contribution in [0.3, 0.4) is 0 Å². The van der Waals surface area contributed by atoms with E-state index in [9.17, 15) is 4.79 Å². The number of benzene rings is 3. The Hall–Kier alpha value is -4.10. The summed E-state index contributed by atoms with van der Waals surface area (Å²) in [5.41, 5.74) is 4.62. The van der Waals surface area contributed by atoms with Crippen LogP contribution in [0.15, 0.2) is 101 Å². The van der Waals surface area contributed by atoms with Gasteiger partial charge >= 0.3 is 0 Å². The lowest BCUT2D eigenvalue weighted by Crippen LogP contribution is -2.35. The van der Waals surface area contributed by atoms with Crippen molar-refractivity contribution in [2.24, 2.45) is 10.9 Å². The maximum Gasteiger partial charge on any atom is 0.286 e. The van der Waals surface area contributed by atoms with Crippen molar-refractivity contribution in [3.63, 3.8) is 0 Å². The van der Waals surface area contributed by atoms with Gasteiger partial charge in [-0.25, -0.2) is 4.68 Å². The number of rotatable bonds is 6. The van der Waals surface area contributed by atoms with Gasteiger partial charge in [0.05, 0.1) is 10.6 Å². The molecule has 0 saturated carbocycles. The number of carbonyl (C=O) groups excluding carboxylic acids is 1. The molecule has 0 bridgehead atoms. The molecule has 6 nitrogen and oxygen atoms in total. The number of hydrogen-bond donors (Lipinski definition) is 0. The summed E-state index contributed by atoms with van der Waals surface area (Å²) in [7, 11) is 0. The highest BCUT2D eigenvalue weighted by atomic mass is 32.2. The summed E-state index contributed by atoms with van der Waals surface area (Å²) in [5, 5.41) is 5.75. The monoisotopic (exact) mass is 534 g/mol. The predicted molar refractivity (Wildman–Crippen MR) is 158 cm³/mol. The summed E-state index contributed by atoms with van der Waals surface area (Å²) in [6.45, 7) is 4.66. The summed E-state index contributed by atoms with van der Waals surface area (Å²) in [4.78, 5) is 20.2. The van der Waals surface area contributed by atoms with E-state index >= 15 is 0 Å². The number of thioether (sulfide) groups is 1. The Balaban J connectivity index is 1.30. The normalized spacial score (nSPS) is 17.1. The topological polar surface area (TPSA) is 59.7 Å². The number of nitrogens with zero attached hydrogens (tertiary/aromatic N) is 4. The molecule has 1 aromatic heterocycles. The molecular weight excluding hydrogens is 504 g/mol. The highest BCUT2D eigenvalue weighted by Gasteiger charge is 2.28. The average Bonchev–Trinajstić information content (AvgIpc) is 3.57. The highest BCUT2D eigenvalue weighted by molar-refractivity contribution is 8.18. The smallest absolute Gasteiger partial charge is 0.286 e. The Labute approximate surface area is 233 Å². The van der Waals surface area contributed by atoms with Crippen molar-refractivity contribution in [2.75, 3.05) is 13.1 Å². The van der Waals surface area contributed by atoms with Gasteiger partial charge in [0, 0.05) is 30.4 Å². The number of aromatic nitrogens is 2. The van der Waals surface area contributed by atoms with Gasteiger partial charge in [0.25, 0.3) is 5.91 Å². The van der Waals surface area contributed by atoms with Crippen molar-refractivity contribution < 1.29 is 9.53 Å². The number of carbonyl (C=O) groups is 1. The number of likely N-dealkylation sites (tertiary alicyclic amines) is 1. The van der Waals surface area contributed by atoms with E-state index in [1.807, 2.05) is 102 Å². The molecule has 1 saturated heterocycles. The molecule has 39 heavy (non-hydrogen) atoms. The fourth-order valence-electron chi connectivity index (χ4n) is 4.78. The quantitative estimate of drug-likeness (QED) is 0.254.